The number of hydrogen-bond donors (Lipinski definition) is 0. The van der Waals surface area contributed by atoms with Crippen molar-refractivity contribution in [1.82, 2.24) is 0 Å². The number of rotatable bonds is 4. The van der Waals surface area contributed by atoms with E-state index >= 15 is 0 Å². The van der Waals surface area contributed by atoms with Crippen molar-refractivity contribution < 1.29 is 4.58 Å². The fourth-order valence-corrected chi connectivity index (χ4v) is 1.27. The van der Waals surface area contributed by atoms with E-state index in [9.17, 15) is 0 Å². The predicted molar refractivity (Wildman–Crippen MR) is 118 cm³/mol. The van der Waals surface area contributed by atoms with Crippen LogP contribution in [0.2, 0.25) is 0 Å². The fourth-order valence-electron chi connectivity index (χ4n) is 1.23. The first-order valence-electron chi connectivity index (χ1n) is 6.98. The third-order valence-corrected chi connectivity index (χ3v) is 2.61. The molecular weight excluding hydrogens is 580 g/mol. The average molecular weight is 601 g/mol. The molecule has 0 amide bonds. The van der Waals surface area contributed by atoms with Gasteiger partial charge in [0.15, 0.2) is 6.21 Å². The molecule has 0 saturated heterocycles. The van der Waals surface area contributed by atoms with Crippen molar-refractivity contribution in [2.24, 2.45) is 10.2 Å². The molecule has 0 aliphatic rings. The topological polar surface area (TPSA) is 27.7 Å². The van der Waals surface area contributed by atoms with Crippen LogP contribution in [-0.2, 0) is 0 Å². The molecule has 0 heterocycles. The minimum absolute atomic E-state index is 0.429. The summed E-state index contributed by atoms with van der Waals surface area (Å²) >= 11 is 6.01. The summed E-state index contributed by atoms with van der Waals surface area (Å²) in [7, 11) is 26.9. The number of nitrogens with zero attached hydrogens (tertiary/aromatic N) is 3. The van der Waals surface area contributed by atoms with Crippen LogP contribution in [0.4, 0.5) is 0 Å². The van der Waals surface area contributed by atoms with Crippen LogP contribution in [0.25, 0.3) is 0 Å². The van der Waals surface area contributed by atoms with Gasteiger partial charge in [-0.25, -0.2) is 4.58 Å². The van der Waals surface area contributed by atoms with Gasteiger partial charge in [0.2, 0.25) is 0 Å². The van der Waals surface area contributed by atoms with Gasteiger partial charge in [0, 0.05) is 19.4 Å². The Morgan fingerprint density at radius 2 is 1.28 bits per heavy atom. The molecule has 0 bridgehead atoms. The van der Waals surface area contributed by atoms with Crippen molar-refractivity contribution >= 4 is 79.9 Å². The Morgan fingerprint density at radius 1 is 0.880 bits per heavy atom. The summed E-state index contributed by atoms with van der Waals surface area (Å²) in [6.45, 7) is 7.63. The Morgan fingerprint density at radius 3 is 1.64 bits per heavy atom. The summed E-state index contributed by atoms with van der Waals surface area (Å²) in [5.74, 6) is 0. The molecule has 0 spiro atoms. The van der Waals surface area contributed by atoms with Gasteiger partial charge in [0.1, 0.15) is 12.0 Å². The molecule has 1 rings (SSSR count). The van der Waals surface area contributed by atoms with Crippen LogP contribution in [0.5, 0.6) is 0 Å². The van der Waals surface area contributed by atoms with Crippen molar-refractivity contribution in [3.63, 3.8) is 0 Å². The SMILES string of the molecule is C/[N+](=C\c1ccccc1)C(C)(C)/N=N/C(C)(C)Cl.[Cl][Sb-]([Cl])([Cl])([Cl])([Cl])[Cl]. The first-order chi connectivity index (χ1) is 10.7. The molecule has 0 aliphatic carbocycles. The monoisotopic (exact) mass is 597 g/mol. The summed E-state index contributed by atoms with van der Waals surface area (Å²) in [5, 5.41) is 8.43. The van der Waals surface area contributed by atoms with Crippen LogP contribution in [-0.4, -0.2) is 37.6 Å². The second-order valence-corrected chi connectivity index (χ2v) is 64.0. The van der Waals surface area contributed by atoms with Gasteiger partial charge >= 0.3 is 62.1 Å². The molecule has 0 radical (unpaired) electrons. The Kier molecular flexibility index (Phi) is 8.82. The van der Waals surface area contributed by atoms with E-state index < -0.39 is 19.8 Å². The fraction of sp³-hybridized carbons (Fsp3) is 0.500. The quantitative estimate of drug-likeness (QED) is 0.0847. The first-order valence-corrected chi connectivity index (χ1v) is 26.8. The zero-order valence-electron chi connectivity index (χ0n) is 14.4. The number of benzene rings is 1. The third kappa shape index (κ3) is 19.9. The van der Waals surface area contributed by atoms with Crippen LogP contribution in [0.3, 0.4) is 0 Å². The van der Waals surface area contributed by atoms with E-state index in [1.54, 1.807) is 0 Å². The van der Waals surface area contributed by atoms with E-state index in [1.807, 2.05) is 63.7 Å². The molecule has 1 aromatic carbocycles. The van der Waals surface area contributed by atoms with Crippen molar-refractivity contribution in [3.05, 3.63) is 35.9 Å². The van der Waals surface area contributed by atoms with Gasteiger partial charge in [0.05, 0.1) is 0 Å². The molecule has 0 atom stereocenters. The van der Waals surface area contributed by atoms with Gasteiger partial charge in [-0.2, -0.15) is 5.11 Å². The van der Waals surface area contributed by atoms with E-state index in [1.165, 1.54) is 0 Å². The number of halogens is 7. The molecule has 0 unspecified atom stereocenters. The Balaban J connectivity index is 0.000000697. The first kappa shape index (κ1) is 26.3. The zero-order valence-corrected chi connectivity index (χ0v) is 22.2. The standard InChI is InChI=1S/C14H21ClN3.6ClH.Sb/c1-13(2,15)16-17-14(3,4)18(5)11-12-9-7-6-8-10-12;;;;;;;/h6-11H,1-5H3;6*1H;/q+1;;;;;;;+5/p-6/b17-16+,18-11+;;;;;;;. The summed E-state index contributed by atoms with van der Waals surface area (Å²) in [6, 6.07) is 10.1. The van der Waals surface area contributed by atoms with E-state index in [0.717, 1.165) is 5.56 Å². The Labute approximate surface area is 174 Å². The third-order valence-electron chi connectivity index (χ3n) is 2.54. The molecule has 0 N–H and O–H groups in total. The van der Waals surface area contributed by atoms with Crippen molar-refractivity contribution in [3.8, 4) is 0 Å². The van der Waals surface area contributed by atoms with Crippen molar-refractivity contribution in [2.45, 2.75) is 38.4 Å². The number of hydrogen-bond acceptors (Lipinski definition) is 2. The Hall–Kier alpha value is 1.34. The molecule has 3 nitrogen and oxygen atoms in total. The van der Waals surface area contributed by atoms with E-state index in [4.69, 9.17) is 64.6 Å². The molecule has 11 heteroatoms. The van der Waals surface area contributed by atoms with E-state index in [2.05, 4.69) is 22.4 Å². The average Bonchev–Trinajstić information content (AvgIpc) is 2.33. The predicted octanol–water partition coefficient (Wildman–Crippen LogP) is 7.67. The van der Waals surface area contributed by atoms with Gasteiger partial charge < -0.3 is 0 Å². The van der Waals surface area contributed by atoms with Gasteiger partial charge in [-0.15, -0.1) is 5.11 Å². The Bertz CT molecular complexity index is 618. The second-order valence-electron chi connectivity index (χ2n) is 6.21. The van der Waals surface area contributed by atoms with E-state index in [0.29, 0.717) is 0 Å². The van der Waals surface area contributed by atoms with Gasteiger partial charge in [-0.1, -0.05) is 29.8 Å². The molecule has 0 fully saturated rings. The van der Waals surface area contributed by atoms with Crippen LogP contribution < -0.4 is 0 Å². The normalized spacial score (nSPS) is 16.7. The zero-order chi connectivity index (χ0) is 20.2. The van der Waals surface area contributed by atoms with Crippen LogP contribution >= 0.6 is 64.6 Å². The second kappa shape index (κ2) is 8.37. The summed E-state index contributed by atoms with van der Waals surface area (Å²) in [6.07, 6.45) is 2.04. The van der Waals surface area contributed by atoms with Crippen molar-refractivity contribution in [1.29, 1.82) is 0 Å². The number of azo groups is 1. The van der Waals surface area contributed by atoms with Crippen LogP contribution in [0.15, 0.2) is 40.6 Å². The minimum atomic E-state index is -5.42. The molecule has 1 aromatic rings. The summed E-state index contributed by atoms with van der Waals surface area (Å²) < 4.78 is 2.02. The maximum atomic E-state index is 6.01. The summed E-state index contributed by atoms with van der Waals surface area (Å²) in [4.78, 5) is -0.662. The van der Waals surface area contributed by atoms with Crippen molar-refractivity contribution in [2.75, 3.05) is 7.05 Å². The maximum absolute atomic E-state index is 6.01. The number of alkyl halides is 1. The van der Waals surface area contributed by atoms with Gasteiger partial charge in [0.25, 0.3) is 5.66 Å². The van der Waals surface area contributed by atoms with Crippen LogP contribution in [0, 0.1) is 0 Å². The van der Waals surface area contributed by atoms with Crippen LogP contribution in [0.1, 0.15) is 33.3 Å². The van der Waals surface area contributed by atoms with Gasteiger partial charge in [-0.05, 0) is 26.0 Å². The molecule has 0 aromatic heterocycles. The summed E-state index contributed by atoms with van der Waals surface area (Å²) in [5.41, 5.74) is 0.704. The molecular formula is C14H21Cl7N3Sb. The molecule has 146 valence electrons. The van der Waals surface area contributed by atoms with E-state index in [-0.39, 0.29) is 0 Å². The van der Waals surface area contributed by atoms with Gasteiger partial charge in [-0.3, -0.25) is 0 Å². The molecule has 0 aliphatic heterocycles. The molecule has 0 saturated carbocycles. The molecule has 25 heavy (non-hydrogen) atoms.